The summed E-state index contributed by atoms with van der Waals surface area (Å²) in [6, 6.07) is 17.3. The maximum Gasteiger partial charge on any atom is 0.408 e. The van der Waals surface area contributed by atoms with Gasteiger partial charge in [0.05, 0.1) is 7.11 Å². The molecule has 2 aromatic rings. The van der Waals surface area contributed by atoms with Crippen LogP contribution in [0, 0.1) is 0 Å². The average Bonchev–Trinajstić information content (AvgIpc) is 3.32. The number of carbonyl (C=O) groups is 3. The van der Waals surface area contributed by atoms with E-state index in [0.717, 1.165) is 16.2 Å². The van der Waals surface area contributed by atoms with E-state index < -0.39 is 18.2 Å². The van der Waals surface area contributed by atoms with Gasteiger partial charge in [0.2, 0.25) is 5.91 Å². The van der Waals surface area contributed by atoms with Crippen molar-refractivity contribution >= 4 is 17.9 Å². The number of rotatable bonds is 8. The predicted molar refractivity (Wildman–Crippen MR) is 118 cm³/mol. The number of likely N-dealkylation sites (N-methyl/N-ethyl adjacent to an activating group) is 1. The minimum atomic E-state index is -0.859. The topological polar surface area (TPSA) is 88.2 Å². The summed E-state index contributed by atoms with van der Waals surface area (Å²) >= 11 is 0. The first kappa shape index (κ1) is 23.3. The maximum atomic E-state index is 13.4. The standard InChI is InChI=1S/C24H29N3O5/c1-26(31-2)23(29)21-14-9-15-27(21)22(28)20(16-18-10-5-3-6-11-18)25-24(30)32-17-19-12-7-4-8-13-19/h3-8,10-13,20-21H,9,14-17H2,1-2H3,(H,25,30)/t20-,21-/m0/s1. The number of hydrogen-bond acceptors (Lipinski definition) is 5. The van der Waals surface area contributed by atoms with Crippen LogP contribution in [0.15, 0.2) is 60.7 Å². The van der Waals surface area contributed by atoms with Crippen molar-refractivity contribution in [3.8, 4) is 0 Å². The second-order valence-corrected chi connectivity index (χ2v) is 7.66. The lowest BCUT2D eigenvalue weighted by Gasteiger charge is -2.30. The van der Waals surface area contributed by atoms with E-state index in [1.165, 1.54) is 19.1 Å². The molecule has 1 aliphatic rings. The summed E-state index contributed by atoms with van der Waals surface area (Å²) in [6.07, 6.45) is 0.863. The van der Waals surface area contributed by atoms with Crippen LogP contribution >= 0.6 is 0 Å². The molecular weight excluding hydrogens is 410 g/mol. The first-order chi connectivity index (χ1) is 15.5. The summed E-state index contributed by atoms with van der Waals surface area (Å²) in [5, 5.41) is 3.84. The number of nitrogens with one attached hydrogen (secondary N) is 1. The van der Waals surface area contributed by atoms with Gasteiger partial charge in [-0.3, -0.25) is 14.4 Å². The molecule has 3 rings (SSSR count). The fourth-order valence-electron chi connectivity index (χ4n) is 3.74. The van der Waals surface area contributed by atoms with E-state index in [0.29, 0.717) is 19.4 Å². The molecule has 1 N–H and O–H groups in total. The van der Waals surface area contributed by atoms with E-state index in [1.807, 2.05) is 60.7 Å². The van der Waals surface area contributed by atoms with Crippen LogP contribution < -0.4 is 5.32 Å². The Morgan fingerprint density at radius 2 is 1.69 bits per heavy atom. The summed E-state index contributed by atoms with van der Waals surface area (Å²) in [6.45, 7) is 0.543. The zero-order chi connectivity index (χ0) is 22.9. The molecular formula is C24H29N3O5. The molecule has 1 heterocycles. The quantitative estimate of drug-likeness (QED) is 0.639. The molecule has 8 heteroatoms. The molecule has 0 spiro atoms. The molecule has 1 saturated heterocycles. The number of hydroxylamine groups is 2. The highest BCUT2D eigenvalue weighted by molar-refractivity contribution is 5.91. The van der Waals surface area contributed by atoms with Gasteiger partial charge in [0, 0.05) is 20.0 Å². The Labute approximate surface area is 188 Å². The van der Waals surface area contributed by atoms with Crippen molar-refractivity contribution in [3.05, 3.63) is 71.8 Å². The molecule has 2 aromatic carbocycles. The fourth-order valence-corrected chi connectivity index (χ4v) is 3.74. The summed E-state index contributed by atoms with van der Waals surface area (Å²) in [5.74, 6) is -0.602. The molecule has 2 atom stereocenters. The number of ether oxygens (including phenoxy) is 1. The largest absolute Gasteiger partial charge is 0.445 e. The van der Waals surface area contributed by atoms with Crippen LogP contribution in [-0.2, 0) is 32.2 Å². The smallest absolute Gasteiger partial charge is 0.408 e. The Morgan fingerprint density at radius 1 is 1.06 bits per heavy atom. The van der Waals surface area contributed by atoms with Crippen LogP contribution in [0.5, 0.6) is 0 Å². The van der Waals surface area contributed by atoms with Gasteiger partial charge in [-0.05, 0) is 24.0 Å². The van der Waals surface area contributed by atoms with Crippen molar-refractivity contribution in [3.63, 3.8) is 0 Å². The maximum absolute atomic E-state index is 13.4. The van der Waals surface area contributed by atoms with Crippen molar-refractivity contribution in [2.24, 2.45) is 0 Å². The molecule has 0 saturated carbocycles. The van der Waals surface area contributed by atoms with E-state index in [2.05, 4.69) is 5.32 Å². The lowest BCUT2D eigenvalue weighted by atomic mass is 10.0. The van der Waals surface area contributed by atoms with E-state index in [9.17, 15) is 14.4 Å². The van der Waals surface area contributed by atoms with Gasteiger partial charge >= 0.3 is 6.09 Å². The van der Waals surface area contributed by atoms with Crippen LogP contribution in [0.25, 0.3) is 0 Å². The van der Waals surface area contributed by atoms with Gasteiger partial charge in [0.15, 0.2) is 0 Å². The minimum absolute atomic E-state index is 0.0996. The van der Waals surface area contributed by atoms with Crippen molar-refractivity contribution in [1.29, 1.82) is 0 Å². The lowest BCUT2D eigenvalue weighted by Crippen LogP contribution is -2.54. The summed E-state index contributed by atoms with van der Waals surface area (Å²) in [7, 11) is 2.92. The SMILES string of the molecule is CON(C)C(=O)[C@@H]1CCCN1C(=O)[C@H](Cc1ccccc1)NC(=O)OCc1ccccc1. The molecule has 0 bridgehead atoms. The van der Waals surface area contributed by atoms with Crippen LogP contribution in [0.1, 0.15) is 24.0 Å². The second-order valence-electron chi connectivity index (χ2n) is 7.66. The summed E-state index contributed by atoms with van der Waals surface area (Å²) in [5.41, 5.74) is 1.74. The van der Waals surface area contributed by atoms with E-state index in [4.69, 9.17) is 9.57 Å². The number of carbonyl (C=O) groups excluding carboxylic acids is 3. The number of amides is 3. The lowest BCUT2D eigenvalue weighted by molar-refractivity contribution is -0.175. The first-order valence-corrected chi connectivity index (χ1v) is 10.6. The van der Waals surface area contributed by atoms with Crippen molar-refractivity contribution in [2.75, 3.05) is 20.7 Å². The van der Waals surface area contributed by atoms with Crippen molar-refractivity contribution in [1.82, 2.24) is 15.3 Å². The minimum Gasteiger partial charge on any atom is -0.445 e. The Morgan fingerprint density at radius 3 is 2.31 bits per heavy atom. The van der Waals surface area contributed by atoms with Gasteiger partial charge in [-0.2, -0.15) is 0 Å². The van der Waals surface area contributed by atoms with E-state index in [1.54, 1.807) is 0 Å². The molecule has 0 aromatic heterocycles. The van der Waals surface area contributed by atoms with Gasteiger partial charge in [-0.25, -0.2) is 9.86 Å². The number of nitrogens with zero attached hydrogens (tertiary/aromatic N) is 2. The fraction of sp³-hybridized carbons (Fsp3) is 0.375. The van der Waals surface area contributed by atoms with E-state index in [-0.39, 0.29) is 24.8 Å². The first-order valence-electron chi connectivity index (χ1n) is 10.6. The Balaban J connectivity index is 1.72. The number of likely N-dealkylation sites (tertiary alicyclic amines) is 1. The zero-order valence-electron chi connectivity index (χ0n) is 18.4. The van der Waals surface area contributed by atoms with Gasteiger partial charge in [-0.15, -0.1) is 0 Å². The van der Waals surface area contributed by atoms with Gasteiger partial charge < -0.3 is 15.0 Å². The zero-order valence-corrected chi connectivity index (χ0v) is 18.4. The highest BCUT2D eigenvalue weighted by Crippen LogP contribution is 2.21. The molecule has 0 radical (unpaired) electrons. The summed E-state index contributed by atoms with van der Waals surface area (Å²) in [4.78, 5) is 45.1. The third-order valence-corrected chi connectivity index (χ3v) is 5.49. The number of alkyl carbamates (subject to hydrolysis) is 1. The molecule has 3 amide bonds. The van der Waals surface area contributed by atoms with Crippen LogP contribution in [0.2, 0.25) is 0 Å². The highest BCUT2D eigenvalue weighted by atomic mass is 16.7. The van der Waals surface area contributed by atoms with Crippen LogP contribution in [0.4, 0.5) is 4.79 Å². The molecule has 8 nitrogen and oxygen atoms in total. The van der Waals surface area contributed by atoms with Gasteiger partial charge in [-0.1, -0.05) is 60.7 Å². The normalized spacial score (nSPS) is 16.3. The molecule has 0 aliphatic carbocycles. The highest BCUT2D eigenvalue weighted by Gasteiger charge is 2.39. The van der Waals surface area contributed by atoms with Crippen LogP contribution in [-0.4, -0.2) is 60.7 Å². The Kier molecular flexibility index (Phi) is 8.21. The molecule has 32 heavy (non-hydrogen) atoms. The van der Waals surface area contributed by atoms with Gasteiger partial charge in [0.25, 0.3) is 5.91 Å². The summed E-state index contributed by atoms with van der Waals surface area (Å²) < 4.78 is 5.32. The molecule has 1 aliphatic heterocycles. The third kappa shape index (κ3) is 6.07. The predicted octanol–water partition coefficient (Wildman–Crippen LogP) is 2.53. The second kappa shape index (κ2) is 11.3. The monoisotopic (exact) mass is 439 g/mol. The van der Waals surface area contributed by atoms with E-state index >= 15 is 0 Å². The van der Waals surface area contributed by atoms with Crippen LogP contribution in [0.3, 0.4) is 0 Å². The van der Waals surface area contributed by atoms with Crippen molar-refractivity contribution in [2.45, 2.75) is 38.0 Å². The van der Waals surface area contributed by atoms with Gasteiger partial charge in [0.1, 0.15) is 18.7 Å². The Bertz CT molecular complexity index is 906. The van der Waals surface area contributed by atoms with Crippen molar-refractivity contribution < 1.29 is 24.0 Å². The third-order valence-electron chi connectivity index (χ3n) is 5.49. The molecule has 170 valence electrons. The number of benzene rings is 2. The molecule has 0 unspecified atom stereocenters. The average molecular weight is 440 g/mol. The number of hydrogen-bond donors (Lipinski definition) is 1. The Hall–Kier alpha value is -3.39. The molecule has 1 fully saturated rings.